The molecule has 0 fully saturated rings. The van der Waals surface area contributed by atoms with Crippen molar-refractivity contribution in [3.8, 4) is 11.1 Å². The lowest BCUT2D eigenvalue weighted by atomic mass is 9.98. The first-order chi connectivity index (χ1) is 13.3. The Kier molecular flexibility index (Phi) is 3.25. The second-order valence-electron chi connectivity index (χ2n) is 6.70. The van der Waals surface area contributed by atoms with E-state index >= 15 is 0 Å². The maximum Gasteiger partial charge on any atom is 0.136 e. The molecule has 0 amide bonds. The van der Waals surface area contributed by atoms with Crippen LogP contribution >= 0.6 is 27.3 Å². The first-order valence-corrected chi connectivity index (χ1v) is 10.4. The van der Waals surface area contributed by atoms with Gasteiger partial charge in [0.25, 0.3) is 0 Å². The van der Waals surface area contributed by atoms with Crippen LogP contribution in [0.5, 0.6) is 0 Å². The molecular formula is C24H13BrOS. The standard InChI is InChI=1S/C24H13BrOS/c25-18-7-4-8-20-24(18)17-13-14(11-12-19(17)26-20)15-6-3-10-22-23(15)16-5-1-2-9-21(16)27-22/h1-13H. The molecule has 0 unspecified atom stereocenters. The summed E-state index contributed by atoms with van der Waals surface area (Å²) < 4.78 is 9.76. The number of hydrogen-bond acceptors (Lipinski definition) is 2. The lowest BCUT2D eigenvalue weighted by molar-refractivity contribution is 0.669. The Morgan fingerprint density at radius 3 is 2.48 bits per heavy atom. The molecule has 0 bridgehead atoms. The van der Waals surface area contributed by atoms with Gasteiger partial charge in [0.1, 0.15) is 11.2 Å². The molecule has 0 atom stereocenters. The number of furan rings is 1. The predicted molar refractivity (Wildman–Crippen MR) is 120 cm³/mol. The van der Waals surface area contributed by atoms with Crippen molar-refractivity contribution in [1.82, 2.24) is 0 Å². The van der Waals surface area contributed by atoms with E-state index < -0.39 is 0 Å². The minimum atomic E-state index is 0.913. The van der Waals surface area contributed by atoms with Crippen LogP contribution in [0, 0.1) is 0 Å². The molecule has 6 rings (SSSR count). The molecule has 0 aliphatic carbocycles. The SMILES string of the molecule is Brc1cccc2oc3ccc(-c4cccc5sc6ccccc6c45)cc3c12. The van der Waals surface area contributed by atoms with E-state index in [4.69, 9.17) is 4.42 Å². The van der Waals surface area contributed by atoms with E-state index in [9.17, 15) is 0 Å². The van der Waals surface area contributed by atoms with E-state index in [0.29, 0.717) is 0 Å². The minimum Gasteiger partial charge on any atom is -0.456 e. The van der Waals surface area contributed by atoms with Crippen LogP contribution in [0.2, 0.25) is 0 Å². The molecule has 0 aliphatic rings. The first-order valence-electron chi connectivity index (χ1n) is 8.81. The average Bonchev–Trinajstić information content (AvgIpc) is 3.26. The van der Waals surface area contributed by atoms with Crippen LogP contribution in [0.1, 0.15) is 0 Å². The van der Waals surface area contributed by atoms with Crippen LogP contribution in [0.15, 0.2) is 87.8 Å². The zero-order valence-electron chi connectivity index (χ0n) is 14.2. The molecule has 1 nitrogen and oxygen atoms in total. The van der Waals surface area contributed by atoms with Crippen molar-refractivity contribution in [3.63, 3.8) is 0 Å². The van der Waals surface area contributed by atoms with Crippen LogP contribution in [-0.4, -0.2) is 0 Å². The van der Waals surface area contributed by atoms with Gasteiger partial charge in [-0.3, -0.25) is 0 Å². The summed E-state index contributed by atoms with van der Waals surface area (Å²) in [5, 5.41) is 4.94. The zero-order chi connectivity index (χ0) is 18.0. The van der Waals surface area contributed by atoms with Crippen molar-refractivity contribution in [2.75, 3.05) is 0 Å². The summed E-state index contributed by atoms with van der Waals surface area (Å²) in [5.74, 6) is 0. The molecule has 0 saturated carbocycles. The van der Waals surface area contributed by atoms with Gasteiger partial charge in [-0.2, -0.15) is 0 Å². The van der Waals surface area contributed by atoms with Gasteiger partial charge in [0, 0.05) is 35.4 Å². The monoisotopic (exact) mass is 428 g/mol. The van der Waals surface area contributed by atoms with E-state index in [-0.39, 0.29) is 0 Å². The summed E-state index contributed by atoms with van der Waals surface area (Å²) in [6, 6.07) is 27.9. The number of halogens is 1. The fourth-order valence-corrected chi connectivity index (χ4v) is 5.66. The van der Waals surface area contributed by atoms with E-state index in [2.05, 4.69) is 82.7 Å². The van der Waals surface area contributed by atoms with Gasteiger partial charge >= 0.3 is 0 Å². The van der Waals surface area contributed by atoms with Crippen LogP contribution in [0.25, 0.3) is 53.2 Å². The summed E-state index contributed by atoms with van der Waals surface area (Å²) in [6.07, 6.45) is 0. The molecule has 128 valence electrons. The fraction of sp³-hybridized carbons (Fsp3) is 0. The molecule has 0 spiro atoms. The van der Waals surface area contributed by atoms with Crippen LogP contribution < -0.4 is 0 Å². The fourth-order valence-electron chi connectivity index (χ4n) is 3.97. The second-order valence-corrected chi connectivity index (χ2v) is 8.64. The van der Waals surface area contributed by atoms with Crippen molar-refractivity contribution in [3.05, 3.63) is 83.3 Å². The molecule has 6 aromatic rings. The Balaban J connectivity index is 1.72. The highest BCUT2D eigenvalue weighted by molar-refractivity contribution is 9.10. The number of fused-ring (bicyclic) bond motifs is 6. The van der Waals surface area contributed by atoms with Crippen molar-refractivity contribution >= 4 is 69.4 Å². The summed E-state index contributed by atoms with van der Waals surface area (Å²) >= 11 is 5.54. The molecular weight excluding hydrogens is 416 g/mol. The second kappa shape index (κ2) is 5.69. The molecule has 27 heavy (non-hydrogen) atoms. The lowest BCUT2D eigenvalue weighted by Crippen LogP contribution is -1.80. The lowest BCUT2D eigenvalue weighted by Gasteiger charge is -2.05. The van der Waals surface area contributed by atoms with Crippen molar-refractivity contribution in [2.45, 2.75) is 0 Å². The van der Waals surface area contributed by atoms with Gasteiger partial charge in [-0.25, -0.2) is 0 Å². The number of hydrogen-bond donors (Lipinski definition) is 0. The summed E-state index contributed by atoms with van der Waals surface area (Å²) in [7, 11) is 0. The van der Waals surface area contributed by atoms with Gasteiger partial charge in [-0.1, -0.05) is 58.4 Å². The largest absolute Gasteiger partial charge is 0.456 e. The minimum absolute atomic E-state index is 0.913. The Labute approximate surface area is 168 Å². The molecule has 4 aromatic carbocycles. The molecule has 0 N–H and O–H groups in total. The maximum absolute atomic E-state index is 6.04. The van der Waals surface area contributed by atoms with E-state index in [1.807, 2.05) is 23.5 Å². The highest BCUT2D eigenvalue weighted by Gasteiger charge is 2.14. The maximum atomic E-state index is 6.04. The van der Waals surface area contributed by atoms with E-state index in [1.54, 1.807) is 0 Å². The van der Waals surface area contributed by atoms with Crippen molar-refractivity contribution < 1.29 is 4.42 Å². The van der Waals surface area contributed by atoms with Crippen molar-refractivity contribution in [2.24, 2.45) is 0 Å². The Morgan fingerprint density at radius 1 is 0.667 bits per heavy atom. The predicted octanol–water partition coefficient (Wildman–Crippen LogP) is 8.38. The molecule has 0 aliphatic heterocycles. The van der Waals surface area contributed by atoms with E-state index in [1.165, 1.54) is 31.3 Å². The quantitative estimate of drug-likeness (QED) is 0.256. The normalized spacial score (nSPS) is 11.9. The molecule has 0 radical (unpaired) electrons. The van der Waals surface area contributed by atoms with Gasteiger partial charge in [0.2, 0.25) is 0 Å². The Hall–Kier alpha value is -2.62. The highest BCUT2D eigenvalue weighted by Crippen LogP contribution is 2.42. The molecule has 0 saturated heterocycles. The van der Waals surface area contributed by atoms with Gasteiger partial charge in [0.05, 0.1) is 0 Å². The molecule has 2 heterocycles. The van der Waals surface area contributed by atoms with E-state index in [0.717, 1.165) is 26.4 Å². The number of rotatable bonds is 1. The number of benzene rings is 4. The third kappa shape index (κ3) is 2.22. The summed E-state index contributed by atoms with van der Waals surface area (Å²) in [5.41, 5.74) is 4.32. The van der Waals surface area contributed by atoms with Crippen LogP contribution in [-0.2, 0) is 0 Å². The van der Waals surface area contributed by atoms with Crippen LogP contribution in [0.3, 0.4) is 0 Å². The topological polar surface area (TPSA) is 13.1 Å². The molecule has 2 aromatic heterocycles. The van der Waals surface area contributed by atoms with Gasteiger partial charge in [0.15, 0.2) is 0 Å². The number of thiophene rings is 1. The van der Waals surface area contributed by atoms with Crippen LogP contribution in [0.4, 0.5) is 0 Å². The average molecular weight is 429 g/mol. The smallest absolute Gasteiger partial charge is 0.136 e. The van der Waals surface area contributed by atoms with Gasteiger partial charge in [-0.15, -0.1) is 11.3 Å². The summed E-state index contributed by atoms with van der Waals surface area (Å²) in [4.78, 5) is 0. The van der Waals surface area contributed by atoms with Gasteiger partial charge in [-0.05, 0) is 47.5 Å². The zero-order valence-corrected chi connectivity index (χ0v) is 16.6. The third-order valence-electron chi connectivity index (χ3n) is 5.16. The highest BCUT2D eigenvalue weighted by atomic mass is 79.9. The van der Waals surface area contributed by atoms with Gasteiger partial charge < -0.3 is 4.42 Å². The Morgan fingerprint density at radius 2 is 1.52 bits per heavy atom. The van der Waals surface area contributed by atoms with Crippen molar-refractivity contribution in [1.29, 1.82) is 0 Å². The Bertz CT molecular complexity index is 1490. The first kappa shape index (κ1) is 15.4. The molecule has 3 heteroatoms. The third-order valence-corrected chi connectivity index (χ3v) is 6.95. The summed E-state index contributed by atoms with van der Waals surface area (Å²) in [6.45, 7) is 0.